The Kier molecular flexibility index (Phi) is 4.85. The molecule has 1 amide bonds. The number of nitrogens with one attached hydrogen (secondary N) is 1. The molecule has 0 heterocycles. The predicted octanol–water partition coefficient (Wildman–Crippen LogP) is 1.27. The van der Waals surface area contributed by atoms with Gasteiger partial charge in [0.2, 0.25) is 0 Å². The van der Waals surface area contributed by atoms with Crippen LogP contribution in [0.4, 0.5) is 0 Å². The fourth-order valence-corrected chi connectivity index (χ4v) is 1.27. The van der Waals surface area contributed by atoms with E-state index in [2.05, 4.69) is 17.9 Å². The van der Waals surface area contributed by atoms with Crippen molar-refractivity contribution in [2.75, 3.05) is 12.3 Å². The molecule has 0 unspecified atom stereocenters. The number of amides is 1. The molecule has 86 valence electrons. The minimum absolute atomic E-state index is 0.270. The van der Waals surface area contributed by atoms with Gasteiger partial charge < -0.3 is 10.1 Å². The number of carbonyl (C=O) groups is 2. The highest BCUT2D eigenvalue weighted by atomic mass is 32.1. The maximum absolute atomic E-state index is 11.7. The number of para-hydroxylation sites is 1. The third-order valence-corrected chi connectivity index (χ3v) is 2.01. The van der Waals surface area contributed by atoms with Crippen molar-refractivity contribution in [2.24, 2.45) is 0 Å². The van der Waals surface area contributed by atoms with Crippen LogP contribution in [0.1, 0.15) is 17.3 Å². The largest absolute Gasteiger partial charge is 0.426 e. The lowest BCUT2D eigenvalue weighted by Gasteiger charge is -2.08. The Morgan fingerprint density at radius 2 is 2.06 bits per heavy atom. The minimum atomic E-state index is -0.450. The molecule has 1 aromatic carbocycles. The first-order valence-corrected chi connectivity index (χ1v) is 5.45. The minimum Gasteiger partial charge on any atom is -0.426 e. The topological polar surface area (TPSA) is 55.4 Å². The summed E-state index contributed by atoms with van der Waals surface area (Å²) in [4.78, 5) is 22.5. The first-order valence-electron chi connectivity index (χ1n) is 4.81. The lowest BCUT2D eigenvalue weighted by atomic mass is 10.2. The molecule has 4 nitrogen and oxygen atoms in total. The first-order chi connectivity index (χ1) is 7.65. The van der Waals surface area contributed by atoms with Crippen LogP contribution in [0.25, 0.3) is 0 Å². The number of benzene rings is 1. The van der Waals surface area contributed by atoms with Crippen LogP contribution in [0, 0.1) is 0 Å². The van der Waals surface area contributed by atoms with Gasteiger partial charge in [0.05, 0.1) is 5.56 Å². The highest BCUT2D eigenvalue weighted by molar-refractivity contribution is 7.80. The summed E-state index contributed by atoms with van der Waals surface area (Å²) >= 11 is 3.99. The summed E-state index contributed by atoms with van der Waals surface area (Å²) in [5.41, 5.74) is 0.347. The molecule has 16 heavy (non-hydrogen) atoms. The van der Waals surface area contributed by atoms with E-state index >= 15 is 0 Å². The second kappa shape index (κ2) is 6.17. The Morgan fingerprint density at radius 1 is 1.38 bits per heavy atom. The van der Waals surface area contributed by atoms with E-state index in [0.29, 0.717) is 17.9 Å². The molecule has 0 aromatic heterocycles. The first kappa shape index (κ1) is 12.6. The maximum Gasteiger partial charge on any atom is 0.308 e. The second-order valence-corrected chi connectivity index (χ2v) is 3.52. The maximum atomic E-state index is 11.7. The van der Waals surface area contributed by atoms with Gasteiger partial charge in [0, 0.05) is 19.2 Å². The molecule has 0 bridgehead atoms. The van der Waals surface area contributed by atoms with Crippen LogP contribution in [0.3, 0.4) is 0 Å². The molecular weight excluding hydrogens is 226 g/mol. The number of hydrogen-bond donors (Lipinski definition) is 2. The zero-order chi connectivity index (χ0) is 12.0. The Hall–Kier alpha value is -1.49. The fourth-order valence-electron chi connectivity index (χ4n) is 1.16. The molecule has 1 aromatic rings. The molecule has 0 atom stereocenters. The van der Waals surface area contributed by atoms with E-state index in [1.165, 1.54) is 6.92 Å². The third kappa shape index (κ3) is 3.58. The van der Waals surface area contributed by atoms with Crippen LogP contribution < -0.4 is 10.1 Å². The number of carbonyl (C=O) groups excluding carboxylic acids is 2. The summed E-state index contributed by atoms with van der Waals surface area (Å²) in [6, 6.07) is 6.60. The van der Waals surface area contributed by atoms with Crippen molar-refractivity contribution < 1.29 is 14.3 Å². The number of hydrogen-bond acceptors (Lipinski definition) is 4. The van der Waals surface area contributed by atoms with Gasteiger partial charge in [-0.2, -0.15) is 12.6 Å². The zero-order valence-electron chi connectivity index (χ0n) is 8.90. The van der Waals surface area contributed by atoms with Gasteiger partial charge in [0.1, 0.15) is 5.75 Å². The summed E-state index contributed by atoms with van der Waals surface area (Å²) in [5.74, 6) is 0.105. The van der Waals surface area contributed by atoms with E-state index in [1.807, 2.05) is 0 Å². The van der Waals surface area contributed by atoms with Gasteiger partial charge in [-0.25, -0.2) is 0 Å². The molecule has 0 fully saturated rings. The monoisotopic (exact) mass is 239 g/mol. The van der Waals surface area contributed by atoms with Gasteiger partial charge in [-0.3, -0.25) is 9.59 Å². The smallest absolute Gasteiger partial charge is 0.308 e. The molecule has 0 aliphatic rings. The standard InChI is InChI=1S/C11H13NO3S/c1-8(13)15-10-5-3-2-4-9(10)11(14)12-6-7-16/h2-5,16H,6-7H2,1H3,(H,12,14). The van der Waals surface area contributed by atoms with E-state index in [1.54, 1.807) is 24.3 Å². The molecule has 0 saturated heterocycles. The Balaban J connectivity index is 2.85. The molecule has 0 saturated carbocycles. The summed E-state index contributed by atoms with van der Waals surface area (Å²) in [6.45, 7) is 1.76. The normalized spacial score (nSPS) is 9.62. The summed E-state index contributed by atoms with van der Waals surface area (Å²) in [6.07, 6.45) is 0. The lowest BCUT2D eigenvalue weighted by Crippen LogP contribution is -2.26. The van der Waals surface area contributed by atoms with Gasteiger partial charge in [-0.05, 0) is 12.1 Å². The van der Waals surface area contributed by atoms with Crippen LogP contribution in [0.2, 0.25) is 0 Å². The molecule has 0 aliphatic heterocycles. The fraction of sp³-hybridized carbons (Fsp3) is 0.273. The Bertz CT molecular complexity index is 393. The molecule has 1 rings (SSSR count). The van der Waals surface area contributed by atoms with Crippen molar-refractivity contribution in [3.8, 4) is 5.75 Å². The van der Waals surface area contributed by atoms with Crippen LogP contribution in [-0.2, 0) is 4.79 Å². The SMILES string of the molecule is CC(=O)Oc1ccccc1C(=O)NCCS. The van der Waals surface area contributed by atoms with E-state index in [9.17, 15) is 9.59 Å². The molecule has 5 heteroatoms. The highest BCUT2D eigenvalue weighted by Crippen LogP contribution is 2.17. The van der Waals surface area contributed by atoms with Crippen molar-refractivity contribution in [3.63, 3.8) is 0 Å². The van der Waals surface area contributed by atoms with Crippen LogP contribution in [0.15, 0.2) is 24.3 Å². The average molecular weight is 239 g/mol. The van der Waals surface area contributed by atoms with Gasteiger partial charge in [0.25, 0.3) is 5.91 Å². The van der Waals surface area contributed by atoms with Crippen molar-refractivity contribution in [1.29, 1.82) is 0 Å². The summed E-state index contributed by atoms with van der Waals surface area (Å²) in [7, 11) is 0. The summed E-state index contributed by atoms with van der Waals surface area (Å²) < 4.78 is 4.93. The average Bonchev–Trinajstić information content (AvgIpc) is 2.26. The molecule has 1 N–H and O–H groups in total. The van der Waals surface area contributed by atoms with Crippen molar-refractivity contribution in [3.05, 3.63) is 29.8 Å². The number of esters is 1. The molecule has 0 aliphatic carbocycles. The van der Waals surface area contributed by atoms with Crippen molar-refractivity contribution >= 4 is 24.5 Å². The van der Waals surface area contributed by atoms with Gasteiger partial charge >= 0.3 is 5.97 Å². The Morgan fingerprint density at radius 3 is 2.69 bits per heavy atom. The summed E-state index contributed by atoms with van der Waals surface area (Å²) in [5, 5.41) is 2.66. The van der Waals surface area contributed by atoms with Crippen LogP contribution in [-0.4, -0.2) is 24.2 Å². The third-order valence-electron chi connectivity index (χ3n) is 1.78. The van der Waals surface area contributed by atoms with E-state index in [-0.39, 0.29) is 11.7 Å². The predicted molar refractivity (Wildman–Crippen MR) is 63.9 cm³/mol. The van der Waals surface area contributed by atoms with Crippen LogP contribution in [0.5, 0.6) is 5.75 Å². The number of ether oxygens (including phenoxy) is 1. The zero-order valence-corrected chi connectivity index (χ0v) is 9.79. The van der Waals surface area contributed by atoms with Crippen molar-refractivity contribution in [2.45, 2.75) is 6.92 Å². The van der Waals surface area contributed by atoms with Gasteiger partial charge in [-0.1, -0.05) is 12.1 Å². The van der Waals surface area contributed by atoms with Crippen molar-refractivity contribution in [1.82, 2.24) is 5.32 Å². The van der Waals surface area contributed by atoms with Crippen LogP contribution >= 0.6 is 12.6 Å². The quantitative estimate of drug-likeness (QED) is 0.472. The number of thiol groups is 1. The molecule has 0 spiro atoms. The van der Waals surface area contributed by atoms with E-state index in [0.717, 1.165) is 0 Å². The molecule has 0 radical (unpaired) electrons. The second-order valence-electron chi connectivity index (χ2n) is 3.07. The van der Waals surface area contributed by atoms with E-state index in [4.69, 9.17) is 4.74 Å². The van der Waals surface area contributed by atoms with Gasteiger partial charge in [0.15, 0.2) is 0 Å². The van der Waals surface area contributed by atoms with E-state index < -0.39 is 5.97 Å². The van der Waals surface area contributed by atoms with Gasteiger partial charge in [-0.15, -0.1) is 0 Å². The Labute approximate surface area is 99.4 Å². The highest BCUT2D eigenvalue weighted by Gasteiger charge is 2.12. The molecular formula is C11H13NO3S. The number of rotatable bonds is 4. The lowest BCUT2D eigenvalue weighted by molar-refractivity contribution is -0.131.